The predicted molar refractivity (Wildman–Crippen MR) is 182 cm³/mol. The molecule has 0 aromatic heterocycles. The van der Waals surface area contributed by atoms with Crippen molar-refractivity contribution in [1.82, 2.24) is 4.55 Å². The van der Waals surface area contributed by atoms with Crippen molar-refractivity contribution in [3.05, 3.63) is 192 Å². The van der Waals surface area contributed by atoms with Crippen LogP contribution in [0.15, 0.2) is 182 Å². The minimum atomic E-state index is -3.60. The standard InChI is InChI=1S/C36H32N2O2P2/c39-37(40)38(41(31-19-7-1-8-20-31,32-21-9-2-10-22-32)33-23-11-3-12-24-33)42(34-25-13-4-14-26-34,35-27-15-5-16-28-35)36-29-17-6-18-30-36/h1-30,41-42H. The quantitative estimate of drug-likeness (QED) is 0.123. The molecule has 0 amide bonds. The molecule has 0 aliphatic rings. The van der Waals surface area contributed by atoms with Gasteiger partial charge in [0, 0.05) is 0 Å². The molecular weight excluding hydrogens is 554 g/mol. The summed E-state index contributed by atoms with van der Waals surface area (Å²) in [5, 5.41) is 19.9. The van der Waals surface area contributed by atoms with E-state index < -0.39 is 14.8 Å². The maximum atomic E-state index is 14.2. The number of hydrogen-bond donors (Lipinski definition) is 0. The molecule has 0 bridgehead atoms. The van der Waals surface area contributed by atoms with Crippen LogP contribution in [0.4, 0.5) is 0 Å². The molecule has 0 aliphatic heterocycles. The molecule has 0 atom stereocenters. The fraction of sp³-hybridized carbons (Fsp3) is 0. The first-order valence-electron chi connectivity index (χ1n) is 14.0. The van der Waals surface area contributed by atoms with E-state index in [-0.39, 0.29) is 5.03 Å². The molecular formula is C36H32N2O2P2. The number of hydrogen-bond acceptors (Lipinski definition) is 2. The van der Waals surface area contributed by atoms with Gasteiger partial charge < -0.3 is 0 Å². The van der Waals surface area contributed by atoms with Crippen LogP contribution in [-0.4, -0.2) is 9.58 Å². The summed E-state index contributed by atoms with van der Waals surface area (Å²) < 4.78 is 1.76. The van der Waals surface area contributed by atoms with E-state index in [2.05, 4.69) is 72.8 Å². The Labute approximate surface area is 247 Å². The molecule has 0 aliphatic carbocycles. The van der Waals surface area contributed by atoms with Crippen LogP contribution in [0.25, 0.3) is 0 Å². The summed E-state index contributed by atoms with van der Waals surface area (Å²) in [5.41, 5.74) is 0. The molecule has 4 nitrogen and oxygen atoms in total. The number of benzene rings is 6. The molecule has 0 unspecified atom stereocenters. The van der Waals surface area contributed by atoms with Crippen molar-refractivity contribution >= 4 is 46.7 Å². The molecule has 6 aromatic rings. The van der Waals surface area contributed by atoms with Crippen molar-refractivity contribution in [3.8, 4) is 0 Å². The first-order chi connectivity index (χ1) is 20.7. The van der Waals surface area contributed by atoms with Gasteiger partial charge in [-0.3, -0.25) is 0 Å². The van der Waals surface area contributed by atoms with Crippen molar-refractivity contribution in [2.24, 2.45) is 0 Å². The third kappa shape index (κ3) is 4.60. The van der Waals surface area contributed by atoms with Crippen LogP contribution in [-0.2, 0) is 0 Å². The Morgan fingerprint density at radius 2 is 0.524 bits per heavy atom. The van der Waals surface area contributed by atoms with Crippen LogP contribution in [0.5, 0.6) is 0 Å². The van der Waals surface area contributed by atoms with Crippen LogP contribution in [0.1, 0.15) is 0 Å². The summed E-state index contributed by atoms with van der Waals surface area (Å²) >= 11 is 0. The van der Waals surface area contributed by atoms with Crippen molar-refractivity contribution < 1.29 is 5.03 Å². The monoisotopic (exact) mass is 586 g/mol. The number of rotatable bonds is 9. The van der Waals surface area contributed by atoms with E-state index in [1.165, 1.54) is 0 Å². The molecule has 0 fully saturated rings. The Hall–Kier alpha value is -4.62. The molecule has 0 radical (unpaired) electrons. The topological polar surface area (TPSA) is 46.4 Å². The van der Waals surface area contributed by atoms with Crippen LogP contribution >= 0.6 is 14.8 Å². The zero-order valence-electron chi connectivity index (χ0n) is 23.0. The second-order valence-corrected chi connectivity index (χ2v) is 17.8. The van der Waals surface area contributed by atoms with Gasteiger partial charge in [0.25, 0.3) is 0 Å². The third-order valence-electron chi connectivity index (χ3n) is 7.95. The SMILES string of the molecule is O=[N+]([O-])N([PH](c1ccccc1)(c1ccccc1)c1ccccc1)[PH](c1ccccc1)(c1ccccc1)c1ccccc1. The van der Waals surface area contributed by atoms with E-state index in [1.54, 1.807) is 4.55 Å². The van der Waals surface area contributed by atoms with Gasteiger partial charge in [0.15, 0.2) is 0 Å². The van der Waals surface area contributed by atoms with Crippen LogP contribution < -0.4 is 31.8 Å². The number of nitro groups is 1. The number of hydrazine groups is 1. The van der Waals surface area contributed by atoms with Gasteiger partial charge >= 0.3 is 248 Å². The molecule has 0 saturated heterocycles. The summed E-state index contributed by atoms with van der Waals surface area (Å²) in [6.45, 7) is 0. The second kappa shape index (κ2) is 12.1. The molecule has 208 valence electrons. The summed E-state index contributed by atoms with van der Waals surface area (Å²) in [6, 6.07) is 60.7. The van der Waals surface area contributed by atoms with Crippen molar-refractivity contribution in [1.29, 1.82) is 0 Å². The first kappa shape index (κ1) is 27.5. The average Bonchev–Trinajstić information content (AvgIpc) is 3.07. The van der Waals surface area contributed by atoms with Crippen LogP contribution in [0.3, 0.4) is 0 Å². The molecule has 6 rings (SSSR count). The van der Waals surface area contributed by atoms with Crippen LogP contribution in [0.2, 0.25) is 0 Å². The molecule has 0 N–H and O–H groups in total. The Kier molecular flexibility index (Phi) is 7.93. The van der Waals surface area contributed by atoms with Crippen LogP contribution in [0, 0.1) is 10.1 Å². The Bertz CT molecular complexity index is 1420. The van der Waals surface area contributed by atoms with Gasteiger partial charge in [0.1, 0.15) is 0 Å². The Balaban J connectivity index is 1.88. The van der Waals surface area contributed by atoms with Gasteiger partial charge in [-0.2, -0.15) is 0 Å². The van der Waals surface area contributed by atoms with Gasteiger partial charge in [-0.15, -0.1) is 0 Å². The maximum absolute atomic E-state index is 14.2. The van der Waals surface area contributed by atoms with Gasteiger partial charge in [0.05, 0.1) is 0 Å². The summed E-state index contributed by atoms with van der Waals surface area (Å²) in [4.78, 5) is 14.2. The van der Waals surface area contributed by atoms with Gasteiger partial charge in [-0.1, -0.05) is 0 Å². The third-order valence-corrected chi connectivity index (χ3v) is 18.6. The van der Waals surface area contributed by atoms with Crippen molar-refractivity contribution in [3.63, 3.8) is 0 Å². The van der Waals surface area contributed by atoms with E-state index in [1.807, 2.05) is 109 Å². The van der Waals surface area contributed by atoms with Gasteiger partial charge in [-0.05, 0) is 0 Å². The Morgan fingerprint density at radius 1 is 0.357 bits per heavy atom. The Morgan fingerprint density at radius 3 is 0.667 bits per heavy atom. The normalized spacial score (nSPS) is 12.3. The molecule has 42 heavy (non-hydrogen) atoms. The summed E-state index contributed by atoms with van der Waals surface area (Å²) in [6.07, 6.45) is 0. The predicted octanol–water partition coefficient (Wildman–Crippen LogP) is 5.76. The molecule has 6 heteroatoms. The van der Waals surface area contributed by atoms with Crippen molar-refractivity contribution in [2.45, 2.75) is 0 Å². The fourth-order valence-corrected chi connectivity index (χ4v) is 18.6. The fourth-order valence-electron chi connectivity index (χ4n) is 6.31. The van der Waals surface area contributed by atoms with Gasteiger partial charge in [-0.25, -0.2) is 0 Å². The number of nitrogens with zero attached hydrogens (tertiary/aromatic N) is 2. The molecule has 6 aromatic carbocycles. The minimum absolute atomic E-state index is 0.0849. The first-order valence-corrected chi connectivity index (χ1v) is 17.9. The molecule has 0 heterocycles. The van der Waals surface area contributed by atoms with E-state index in [9.17, 15) is 10.1 Å². The molecule has 0 saturated carbocycles. The second-order valence-electron chi connectivity index (χ2n) is 10.2. The zero-order chi connectivity index (χ0) is 28.8. The average molecular weight is 587 g/mol. The van der Waals surface area contributed by atoms with E-state index in [4.69, 9.17) is 0 Å². The zero-order valence-corrected chi connectivity index (χ0v) is 25.0. The summed E-state index contributed by atoms with van der Waals surface area (Å²) in [7, 11) is -7.21. The summed E-state index contributed by atoms with van der Waals surface area (Å²) in [5.74, 6) is 0. The van der Waals surface area contributed by atoms with E-state index in [0.717, 1.165) is 31.8 Å². The molecule has 0 spiro atoms. The van der Waals surface area contributed by atoms with E-state index in [0.29, 0.717) is 0 Å². The van der Waals surface area contributed by atoms with E-state index >= 15 is 0 Å². The van der Waals surface area contributed by atoms with Crippen molar-refractivity contribution in [2.75, 3.05) is 0 Å². The van der Waals surface area contributed by atoms with Gasteiger partial charge in [0.2, 0.25) is 0 Å².